The monoisotopic (exact) mass is 1030 g/mol. The Morgan fingerprint density at radius 2 is 0.903 bits per heavy atom. The summed E-state index contributed by atoms with van der Waals surface area (Å²) in [6.45, 7) is 6.71. The van der Waals surface area contributed by atoms with Crippen LogP contribution >= 0.6 is 34.8 Å². The Kier molecular flexibility index (Phi) is 19.1. The molecule has 0 unspecified atom stereocenters. The Hall–Kier alpha value is -7.38. The lowest BCUT2D eigenvalue weighted by atomic mass is 10.1. The number of hydrogen-bond donors (Lipinski definition) is 6. The maximum absolute atomic E-state index is 12.2. The maximum Gasteiger partial charge on any atom is 0.274 e. The molecule has 0 aliphatic carbocycles. The summed E-state index contributed by atoms with van der Waals surface area (Å²) in [6, 6.07) is 31.2. The van der Waals surface area contributed by atoms with E-state index in [1.807, 2.05) is 36.4 Å². The van der Waals surface area contributed by atoms with Crippen molar-refractivity contribution in [2.24, 2.45) is 0 Å². The Labute approximate surface area is 429 Å². The number of morpholine rings is 3. The number of aromatic nitrogens is 3. The summed E-state index contributed by atoms with van der Waals surface area (Å²) in [5.74, 6) is -1.06. The fourth-order valence-electron chi connectivity index (χ4n) is 7.20. The Morgan fingerprint density at radius 1 is 0.500 bits per heavy atom. The van der Waals surface area contributed by atoms with Crippen molar-refractivity contribution >= 4 is 69.6 Å². The third-order valence-electron chi connectivity index (χ3n) is 11.0. The molecule has 6 aromatic rings. The van der Waals surface area contributed by atoms with E-state index in [1.54, 1.807) is 54.6 Å². The average molecular weight is 1030 g/mol. The van der Waals surface area contributed by atoms with Gasteiger partial charge in [0.1, 0.15) is 35.3 Å². The molecule has 21 heteroatoms. The lowest BCUT2D eigenvalue weighted by Gasteiger charge is -2.24. The van der Waals surface area contributed by atoms with E-state index in [1.165, 1.54) is 36.8 Å². The largest absolute Gasteiger partial charge is 0.371 e. The number of ether oxygens (including phenoxy) is 3. The molecule has 72 heavy (non-hydrogen) atoms. The highest BCUT2D eigenvalue weighted by molar-refractivity contribution is 6.35. The fourth-order valence-corrected chi connectivity index (χ4v) is 7.90. The Bertz CT molecular complexity index is 2660. The minimum absolute atomic E-state index is 0.0382. The highest BCUT2D eigenvalue weighted by Crippen LogP contribution is 2.31. The first-order valence-corrected chi connectivity index (χ1v) is 23.5. The van der Waals surface area contributed by atoms with Crippen LogP contribution in [0.2, 0.25) is 15.1 Å². The van der Waals surface area contributed by atoms with Crippen LogP contribution < -0.4 is 31.9 Å². The minimum atomic E-state index is -0.385. The molecule has 0 saturated carbocycles. The standard InChI is InChI=1S/3C17H15ClN4O2/c2*18-14-7-11(16-10-20-5-6-24-16)2-4-15(14)22-17(23)12-1-3-13(8-19)21-9-12;18-13-7-12(16-10-20-5-6-24-16)2-4-14(13)22-17(23)15-3-1-11(8-19)9-21-15/h3*1-4,7,9,16,20H,5-6,10H2,(H,22,23)/t3*16-/m100/s1. The predicted molar refractivity (Wildman–Crippen MR) is 270 cm³/mol. The molecule has 3 aromatic heterocycles. The van der Waals surface area contributed by atoms with Gasteiger partial charge in [0.15, 0.2) is 0 Å². The lowest BCUT2D eigenvalue weighted by Crippen LogP contribution is -2.33. The van der Waals surface area contributed by atoms with E-state index in [0.717, 1.165) is 56.0 Å². The number of rotatable bonds is 9. The summed E-state index contributed by atoms with van der Waals surface area (Å²) < 4.78 is 17.1. The second kappa shape index (κ2) is 26.2. The van der Waals surface area contributed by atoms with E-state index in [2.05, 4.69) is 46.9 Å². The Balaban J connectivity index is 0.000000158. The highest BCUT2D eigenvalue weighted by Gasteiger charge is 2.21. The van der Waals surface area contributed by atoms with Crippen LogP contribution in [-0.4, -0.2) is 91.8 Å². The van der Waals surface area contributed by atoms with Crippen molar-refractivity contribution in [3.63, 3.8) is 0 Å². The topological polar surface area (TPSA) is 261 Å². The molecule has 9 rings (SSSR count). The molecule has 366 valence electrons. The molecule has 6 heterocycles. The fraction of sp³-hybridized carbons (Fsp3) is 0.235. The first-order valence-electron chi connectivity index (χ1n) is 22.4. The van der Waals surface area contributed by atoms with Crippen molar-refractivity contribution in [2.45, 2.75) is 18.3 Å². The molecule has 18 nitrogen and oxygen atoms in total. The molecule has 0 spiro atoms. The van der Waals surface area contributed by atoms with E-state index in [-0.39, 0.29) is 53.1 Å². The summed E-state index contributed by atoms with van der Waals surface area (Å²) in [4.78, 5) is 48.4. The van der Waals surface area contributed by atoms with Gasteiger partial charge in [0.25, 0.3) is 17.7 Å². The number of hydrogen-bond acceptors (Lipinski definition) is 15. The van der Waals surface area contributed by atoms with Gasteiger partial charge in [-0.2, -0.15) is 15.8 Å². The summed E-state index contributed by atoms with van der Waals surface area (Å²) in [5.41, 5.74) is 6.26. The van der Waals surface area contributed by atoms with Crippen molar-refractivity contribution in [3.8, 4) is 18.2 Å². The second-order valence-electron chi connectivity index (χ2n) is 15.9. The summed E-state index contributed by atoms with van der Waals surface area (Å²) in [7, 11) is 0. The van der Waals surface area contributed by atoms with Gasteiger partial charge in [-0.15, -0.1) is 0 Å². The molecule has 3 amide bonds. The van der Waals surface area contributed by atoms with E-state index in [0.29, 0.717) is 68.6 Å². The van der Waals surface area contributed by atoms with Crippen molar-refractivity contribution in [2.75, 3.05) is 75.0 Å². The Morgan fingerprint density at radius 3 is 1.19 bits per heavy atom. The smallest absolute Gasteiger partial charge is 0.274 e. The molecular formula is C51H45Cl3N12O6. The molecule has 3 aliphatic rings. The van der Waals surface area contributed by atoms with Crippen LogP contribution in [0, 0.1) is 34.0 Å². The number of carbonyl (C=O) groups excluding carboxylic acids is 3. The number of benzene rings is 3. The normalized spacial score (nSPS) is 17.1. The van der Waals surface area contributed by atoms with Gasteiger partial charge in [0.2, 0.25) is 0 Å². The zero-order chi connectivity index (χ0) is 50.8. The van der Waals surface area contributed by atoms with Crippen LogP contribution in [0.1, 0.15) is 83.2 Å². The van der Waals surface area contributed by atoms with E-state index in [9.17, 15) is 14.4 Å². The molecule has 3 fully saturated rings. The van der Waals surface area contributed by atoms with Gasteiger partial charge in [-0.25, -0.2) is 15.0 Å². The first-order chi connectivity index (χ1) is 35.0. The number of amides is 3. The van der Waals surface area contributed by atoms with Crippen LogP contribution in [0.3, 0.4) is 0 Å². The van der Waals surface area contributed by atoms with Crippen molar-refractivity contribution < 1.29 is 28.6 Å². The predicted octanol–water partition coefficient (Wildman–Crippen LogP) is 7.56. The van der Waals surface area contributed by atoms with E-state index >= 15 is 0 Å². The van der Waals surface area contributed by atoms with Gasteiger partial charge in [0, 0.05) is 57.9 Å². The summed E-state index contributed by atoms with van der Waals surface area (Å²) in [5, 5.41) is 45.5. The highest BCUT2D eigenvalue weighted by atomic mass is 35.5. The van der Waals surface area contributed by atoms with Gasteiger partial charge in [-0.05, 0) is 89.5 Å². The second-order valence-corrected chi connectivity index (χ2v) is 17.1. The molecule has 0 radical (unpaired) electrons. The number of halogens is 3. The maximum atomic E-state index is 12.2. The van der Waals surface area contributed by atoms with E-state index < -0.39 is 0 Å². The molecular weight excluding hydrogens is 983 g/mol. The third-order valence-corrected chi connectivity index (χ3v) is 12.0. The number of nitrogens with one attached hydrogen (secondary N) is 6. The van der Waals surface area contributed by atoms with Crippen LogP contribution in [0.15, 0.2) is 110 Å². The van der Waals surface area contributed by atoms with E-state index in [4.69, 9.17) is 64.8 Å². The number of anilines is 3. The molecule has 3 aromatic carbocycles. The molecule has 3 aliphatic heterocycles. The number of nitrogens with zero attached hydrogens (tertiary/aromatic N) is 6. The van der Waals surface area contributed by atoms with Gasteiger partial charge in [-0.3, -0.25) is 14.4 Å². The third kappa shape index (κ3) is 14.6. The number of pyridine rings is 3. The molecule has 6 N–H and O–H groups in total. The van der Waals surface area contributed by atoms with Crippen LogP contribution in [-0.2, 0) is 14.2 Å². The van der Waals surface area contributed by atoms with Crippen LogP contribution in [0.5, 0.6) is 0 Å². The van der Waals surface area contributed by atoms with Gasteiger partial charge >= 0.3 is 0 Å². The zero-order valence-electron chi connectivity index (χ0n) is 38.3. The molecule has 0 bridgehead atoms. The minimum Gasteiger partial charge on any atom is -0.371 e. The van der Waals surface area contributed by atoms with Crippen molar-refractivity contribution in [3.05, 3.63) is 175 Å². The first kappa shape index (κ1) is 52.4. The average Bonchev–Trinajstić information content (AvgIpc) is 3.43. The lowest BCUT2D eigenvalue weighted by molar-refractivity contribution is 0.0276. The SMILES string of the molecule is N#Cc1ccc(C(=O)Nc2ccc([C@@H]3CNCCO3)cc2Cl)cn1.N#Cc1ccc(C(=O)Nc2ccc([C@@H]3CNCCO3)cc2Cl)nc1.N#Cc1ccc(C(=O)Nc2ccc([C@H]3CNCCO3)cc2Cl)cn1. The van der Waals surface area contributed by atoms with Crippen molar-refractivity contribution in [1.29, 1.82) is 15.8 Å². The van der Waals surface area contributed by atoms with Gasteiger partial charge < -0.3 is 46.1 Å². The molecule has 3 atom stereocenters. The zero-order valence-corrected chi connectivity index (χ0v) is 40.5. The van der Waals surface area contributed by atoms with Crippen molar-refractivity contribution in [1.82, 2.24) is 30.9 Å². The van der Waals surface area contributed by atoms with Crippen LogP contribution in [0.25, 0.3) is 0 Å². The quantitative estimate of drug-likeness (QED) is 0.0816. The summed E-state index contributed by atoms with van der Waals surface area (Å²) >= 11 is 18.8. The summed E-state index contributed by atoms with van der Waals surface area (Å²) in [6.07, 6.45) is 3.95. The van der Waals surface area contributed by atoms with Gasteiger partial charge in [0.05, 0.1) is 87.0 Å². The van der Waals surface area contributed by atoms with Crippen LogP contribution in [0.4, 0.5) is 17.1 Å². The van der Waals surface area contributed by atoms with Gasteiger partial charge in [-0.1, -0.05) is 53.0 Å². The number of nitriles is 3. The molecule has 3 saturated heterocycles. The number of carbonyl (C=O) groups is 3.